The molecule has 0 bridgehead atoms. The molecule has 0 saturated heterocycles. The lowest BCUT2D eigenvalue weighted by Gasteiger charge is -2.13. The first-order valence-corrected chi connectivity index (χ1v) is 6.90. The number of carbonyl (C=O) groups is 1. The summed E-state index contributed by atoms with van der Waals surface area (Å²) in [4.78, 5) is 18.0. The fraction of sp³-hybridized carbons (Fsp3) is 0.188. The van der Waals surface area contributed by atoms with Crippen LogP contribution < -0.4 is 0 Å². The molecule has 1 aromatic carbocycles. The highest BCUT2D eigenvalue weighted by Gasteiger charge is 2.18. The molecule has 0 atom stereocenters. The van der Waals surface area contributed by atoms with Crippen LogP contribution in [0.25, 0.3) is 5.69 Å². The minimum atomic E-state index is -0.247. The summed E-state index contributed by atoms with van der Waals surface area (Å²) in [5.41, 5.74) is 2.00. The molecule has 0 fully saturated rings. The molecule has 0 N–H and O–H groups in total. The van der Waals surface area contributed by atoms with Gasteiger partial charge in [-0.25, -0.2) is 9.67 Å². The molecule has 2 aromatic heterocycles. The molecule has 3 aromatic rings. The Morgan fingerprint density at radius 1 is 1.32 bits per heavy atom. The molecule has 0 aliphatic rings. The van der Waals surface area contributed by atoms with Crippen LogP contribution in [-0.4, -0.2) is 32.6 Å². The van der Waals surface area contributed by atoms with Crippen LogP contribution in [0.3, 0.4) is 0 Å². The summed E-state index contributed by atoms with van der Waals surface area (Å²) in [6.45, 7) is 2.38. The summed E-state index contributed by atoms with van der Waals surface area (Å²) in [7, 11) is 1.69. The number of amides is 1. The van der Waals surface area contributed by atoms with Gasteiger partial charge in [-0.2, -0.15) is 0 Å². The van der Waals surface area contributed by atoms with Crippen LogP contribution >= 0.6 is 0 Å². The molecular weight excluding hydrogens is 280 g/mol. The van der Waals surface area contributed by atoms with Crippen molar-refractivity contribution in [3.8, 4) is 5.69 Å². The number of furan rings is 1. The molecule has 112 valence electrons. The van der Waals surface area contributed by atoms with Crippen molar-refractivity contribution in [1.29, 1.82) is 0 Å². The average Bonchev–Trinajstić information content (AvgIpc) is 3.17. The van der Waals surface area contributed by atoms with Crippen LogP contribution in [0.4, 0.5) is 0 Å². The van der Waals surface area contributed by atoms with Gasteiger partial charge in [0, 0.05) is 7.05 Å². The van der Waals surface area contributed by atoms with E-state index in [4.69, 9.17) is 4.42 Å². The van der Waals surface area contributed by atoms with Gasteiger partial charge in [-0.3, -0.25) is 4.79 Å². The van der Waals surface area contributed by atoms with E-state index in [0.717, 1.165) is 11.3 Å². The predicted octanol–water partition coefficient (Wildman–Crippen LogP) is 2.44. The first kappa shape index (κ1) is 14.1. The summed E-state index contributed by atoms with van der Waals surface area (Å²) in [6.07, 6.45) is 3.13. The van der Waals surface area contributed by atoms with Crippen LogP contribution in [0.5, 0.6) is 0 Å². The zero-order chi connectivity index (χ0) is 15.5. The van der Waals surface area contributed by atoms with Gasteiger partial charge in [0.05, 0.1) is 18.5 Å². The van der Waals surface area contributed by atoms with E-state index in [1.807, 2.05) is 37.3 Å². The second kappa shape index (κ2) is 5.85. The molecule has 0 saturated carbocycles. The van der Waals surface area contributed by atoms with E-state index in [0.29, 0.717) is 12.3 Å². The smallest absolute Gasteiger partial charge is 0.293 e. The van der Waals surface area contributed by atoms with E-state index in [2.05, 4.69) is 10.1 Å². The SMILES string of the molecule is Cc1cccc(-n2cnc(C(=O)N(C)Cc3ccco3)n2)c1. The van der Waals surface area contributed by atoms with Crippen LogP contribution in [0, 0.1) is 6.92 Å². The summed E-state index contributed by atoms with van der Waals surface area (Å²) in [5, 5.41) is 4.26. The molecule has 0 radical (unpaired) electrons. The van der Waals surface area contributed by atoms with E-state index in [1.165, 1.54) is 4.90 Å². The van der Waals surface area contributed by atoms with Crippen molar-refractivity contribution in [2.24, 2.45) is 0 Å². The van der Waals surface area contributed by atoms with E-state index in [1.54, 1.807) is 30.4 Å². The van der Waals surface area contributed by atoms with Crippen molar-refractivity contribution >= 4 is 5.91 Å². The minimum Gasteiger partial charge on any atom is -0.467 e. The van der Waals surface area contributed by atoms with Gasteiger partial charge in [0.2, 0.25) is 5.82 Å². The third-order valence-electron chi connectivity index (χ3n) is 3.27. The van der Waals surface area contributed by atoms with Gasteiger partial charge in [-0.05, 0) is 36.8 Å². The standard InChI is InChI=1S/C16H16N4O2/c1-12-5-3-6-13(9-12)20-11-17-15(18-20)16(21)19(2)10-14-7-4-8-22-14/h3-9,11H,10H2,1-2H3. The molecule has 6 nitrogen and oxygen atoms in total. The van der Waals surface area contributed by atoms with Crippen molar-refractivity contribution < 1.29 is 9.21 Å². The molecular formula is C16H16N4O2. The Morgan fingerprint density at radius 2 is 2.18 bits per heavy atom. The van der Waals surface area contributed by atoms with E-state index < -0.39 is 0 Å². The van der Waals surface area contributed by atoms with Crippen molar-refractivity contribution in [3.05, 3.63) is 66.1 Å². The maximum absolute atomic E-state index is 12.3. The fourth-order valence-electron chi connectivity index (χ4n) is 2.13. The lowest BCUT2D eigenvalue weighted by molar-refractivity contribution is 0.0763. The number of rotatable bonds is 4. The highest BCUT2D eigenvalue weighted by atomic mass is 16.3. The van der Waals surface area contributed by atoms with Crippen molar-refractivity contribution in [2.45, 2.75) is 13.5 Å². The monoisotopic (exact) mass is 296 g/mol. The summed E-state index contributed by atoms with van der Waals surface area (Å²) >= 11 is 0. The Hall–Kier alpha value is -2.89. The Labute approximate surface area is 128 Å². The topological polar surface area (TPSA) is 64.2 Å². The third kappa shape index (κ3) is 2.90. The number of benzene rings is 1. The quantitative estimate of drug-likeness (QED) is 0.742. The van der Waals surface area contributed by atoms with Gasteiger partial charge in [0.1, 0.15) is 12.1 Å². The first-order chi connectivity index (χ1) is 10.6. The molecule has 0 spiro atoms. The maximum Gasteiger partial charge on any atom is 0.293 e. The molecule has 2 heterocycles. The number of nitrogens with zero attached hydrogens (tertiary/aromatic N) is 4. The highest BCUT2D eigenvalue weighted by molar-refractivity contribution is 5.90. The molecule has 0 aliphatic carbocycles. The lowest BCUT2D eigenvalue weighted by atomic mass is 10.2. The Bertz CT molecular complexity index is 777. The van der Waals surface area contributed by atoms with Gasteiger partial charge >= 0.3 is 0 Å². The molecule has 0 aliphatic heterocycles. The van der Waals surface area contributed by atoms with Crippen molar-refractivity contribution in [1.82, 2.24) is 19.7 Å². The van der Waals surface area contributed by atoms with E-state index in [9.17, 15) is 4.79 Å². The van der Waals surface area contributed by atoms with E-state index in [-0.39, 0.29) is 11.7 Å². The number of carbonyl (C=O) groups excluding carboxylic acids is 1. The zero-order valence-electron chi connectivity index (χ0n) is 12.4. The molecule has 6 heteroatoms. The third-order valence-corrected chi connectivity index (χ3v) is 3.27. The first-order valence-electron chi connectivity index (χ1n) is 6.90. The molecule has 3 rings (SSSR count). The highest BCUT2D eigenvalue weighted by Crippen LogP contribution is 2.10. The minimum absolute atomic E-state index is 0.163. The fourth-order valence-corrected chi connectivity index (χ4v) is 2.13. The number of aryl methyl sites for hydroxylation is 1. The summed E-state index contributed by atoms with van der Waals surface area (Å²) in [5.74, 6) is 0.632. The molecule has 1 amide bonds. The Morgan fingerprint density at radius 3 is 2.91 bits per heavy atom. The average molecular weight is 296 g/mol. The maximum atomic E-state index is 12.3. The second-order valence-corrected chi connectivity index (χ2v) is 5.09. The van der Waals surface area contributed by atoms with Crippen LogP contribution in [0.1, 0.15) is 21.9 Å². The number of hydrogen-bond acceptors (Lipinski definition) is 4. The van der Waals surface area contributed by atoms with Gasteiger partial charge in [-0.1, -0.05) is 12.1 Å². The van der Waals surface area contributed by atoms with Crippen LogP contribution in [-0.2, 0) is 6.54 Å². The summed E-state index contributed by atoms with van der Waals surface area (Å²) < 4.78 is 6.84. The molecule has 0 unspecified atom stereocenters. The van der Waals surface area contributed by atoms with Crippen molar-refractivity contribution in [2.75, 3.05) is 7.05 Å². The van der Waals surface area contributed by atoms with Crippen molar-refractivity contribution in [3.63, 3.8) is 0 Å². The van der Waals surface area contributed by atoms with Gasteiger partial charge in [0.15, 0.2) is 0 Å². The largest absolute Gasteiger partial charge is 0.467 e. The van der Waals surface area contributed by atoms with Gasteiger partial charge in [0.25, 0.3) is 5.91 Å². The Balaban J connectivity index is 1.76. The van der Waals surface area contributed by atoms with Crippen LogP contribution in [0.2, 0.25) is 0 Å². The lowest BCUT2D eigenvalue weighted by Crippen LogP contribution is -2.27. The number of aromatic nitrogens is 3. The Kier molecular flexibility index (Phi) is 3.74. The zero-order valence-corrected chi connectivity index (χ0v) is 12.4. The predicted molar refractivity (Wildman–Crippen MR) is 80.6 cm³/mol. The summed E-state index contributed by atoms with van der Waals surface area (Å²) in [6, 6.07) is 11.5. The van der Waals surface area contributed by atoms with Gasteiger partial charge in [-0.15, -0.1) is 5.10 Å². The normalized spacial score (nSPS) is 10.6. The van der Waals surface area contributed by atoms with Gasteiger partial charge < -0.3 is 9.32 Å². The second-order valence-electron chi connectivity index (χ2n) is 5.09. The van der Waals surface area contributed by atoms with E-state index >= 15 is 0 Å². The number of hydrogen-bond donors (Lipinski definition) is 0. The van der Waals surface area contributed by atoms with Crippen LogP contribution in [0.15, 0.2) is 53.4 Å². The molecule has 22 heavy (non-hydrogen) atoms.